The third-order valence-corrected chi connectivity index (χ3v) is 12.3. The Kier molecular flexibility index (Phi) is 10.9. The number of carbonyl (C=O) groups excluding carboxylic acids is 1. The zero-order chi connectivity index (χ0) is 33.0. The van der Waals surface area contributed by atoms with Gasteiger partial charge in [0.15, 0.2) is 0 Å². The maximum absolute atomic E-state index is 16.1. The van der Waals surface area contributed by atoms with Crippen LogP contribution >= 0.6 is 0 Å². The molecule has 254 valence electrons. The summed E-state index contributed by atoms with van der Waals surface area (Å²) in [4.78, 5) is 15.6. The molecule has 7 atom stereocenters. The predicted molar refractivity (Wildman–Crippen MR) is 189 cm³/mol. The van der Waals surface area contributed by atoms with Gasteiger partial charge in [-0.3, -0.25) is 4.79 Å². The molecule has 0 saturated heterocycles. The third-order valence-electron chi connectivity index (χ3n) is 12.3. The van der Waals surface area contributed by atoms with Crippen LogP contribution in [0.1, 0.15) is 114 Å². The molecule has 0 bridgehead atoms. The van der Waals surface area contributed by atoms with E-state index in [0.717, 1.165) is 94.0 Å². The molecule has 47 heavy (non-hydrogen) atoms. The second-order valence-corrected chi connectivity index (χ2v) is 15.4. The van der Waals surface area contributed by atoms with Crippen molar-refractivity contribution in [2.45, 2.75) is 122 Å². The van der Waals surface area contributed by atoms with Gasteiger partial charge >= 0.3 is 0 Å². The van der Waals surface area contributed by atoms with Crippen molar-refractivity contribution >= 4 is 16.7 Å². The molecule has 3 aromatic carbocycles. The van der Waals surface area contributed by atoms with Crippen LogP contribution in [-0.4, -0.2) is 46.4 Å². The number of phenolic OH excluding ortho intramolecular Hbond substituents is 1. The van der Waals surface area contributed by atoms with Gasteiger partial charge in [0, 0.05) is 19.0 Å². The molecule has 0 heterocycles. The number of phenols is 1. The average Bonchev–Trinajstić information content (AvgIpc) is 3.35. The summed E-state index contributed by atoms with van der Waals surface area (Å²) >= 11 is 0. The highest BCUT2D eigenvalue weighted by Crippen LogP contribution is 2.63. The number of benzene rings is 3. The van der Waals surface area contributed by atoms with Crippen molar-refractivity contribution in [1.29, 1.82) is 0 Å². The van der Waals surface area contributed by atoms with Gasteiger partial charge in [0.1, 0.15) is 11.9 Å². The number of aliphatic hydroxyl groups excluding tert-OH is 1. The van der Waals surface area contributed by atoms with E-state index in [2.05, 4.69) is 49.1 Å². The number of halogens is 1. The monoisotopic (exact) mass is 641 g/mol. The second kappa shape index (κ2) is 15.1. The van der Waals surface area contributed by atoms with Crippen LogP contribution in [0, 0.1) is 23.2 Å². The number of alkyl halides is 1. The van der Waals surface area contributed by atoms with Crippen molar-refractivity contribution in [2.24, 2.45) is 23.2 Å². The van der Waals surface area contributed by atoms with Crippen molar-refractivity contribution in [3.8, 4) is 5.75 Å². The van der Waals surface area contributed by atoms with Crippen LogP contribution in [0.3, 0.4) is 0 Å². The van der Waals surface area contributed by atoms with E-state index in [1.807, 2.05) is 24.3 Å². The first-order valence-electron chi connectivity index (χ1n) is 18.7. The van der Waals surface area contributed by atoms with Crippen LogP contribution < -0.4 is 0 Å². The Bertz CT molecular complexity index is 1510. The molecule has 3 aliphatic rings. The Balaban J connectivity index is 1.05. The van der Waals surface area contributed by atoms with Crippen molar-refractivity contribution in [3.63, 3.8) is 0 Å². The number of hydrogen-bond donors (Lipinski definition) is 2. The number of aromatic hydroxyl groups is 1. The first-order chi connectivity index (χ1) is 22.8. The number of rotatable bonds is 14. The SMILES string of the molecule is CCCCCCN(CCCCCCC1Cc2cc(O)ccc2C2C(F)C[C@]3(C)C(O)CCC3C12)C(=O)Cc1ccc2ccccc2c1. The first kappa shape index (κ1) is 34.0. The average molecular weight is 642 g/mol. The molecule has 6 rings (SSSR count). The molecule has 6 unspecified atom stereocenters. The molecule has 2 N–H and O–H groups in total. The fourth-order valence-corrected chi connectivity index (χ4v) is 9.82. The number of nitrogens with zero attached hydrogens (tertiary/aromatic N) is 1. The van der Waals surface area contributed by atoms with E-state index in [1.165, 1.54) is 23.6 Å². The van der Waals surface area contributed by atoms with Crippen molar-refractivity contribution < 1.29 is 19.4 Å². The summed E-state index contributed by atoms with van der Waals surface area (Å²) in [6, 6.07) is 20.3. The molecular formula is C42H56FNO3. The van der Waals surface area contributed by atoms with E-state index in [1.54, 1.807) is 6.07 Å². The van der Waals surface area contributed by atoms with Crippen LogP contribution in [-0.2, 0) is 17.6 Å². The molecule has 3 aromatic rings. The first-order valence-corrected chi connectivity index (χ1v) is 18.7. The van der Waals surface area contributed by atoms with Gasteiger partial charge in [0.05, 0.1) is 12.5 Å². The van der Waals surface area contributed by atoms with Crippen molar-refractivity contribution in [3.05, 3.63) is 77.4 Å². The van der Waals surface area contributed by atoms with Crippen LogP contribution in [0.15, 0.2) is 60.7 Å². The minimum absolute atomic E-state index is 0.136. The lowest BCUT2D eigenvalue weighted by Crippen LogP contribution is -2.51. The largest absolute Gasteiger partial charge is 0.508 e. The smallest absolute Gasteiger partial charge is 0.226 e. The summed E-state index contributed by atoms with van der Waals surface area (Å²) < 4.78 is 16.1. The summed E-state index contributed by atoms with van der Waals surface area (Å²) in [5.74, 6) is 1.30. The van der Waals surface area contributed by atoms with Crippen LogP contribution in [0.25, 0.3) is 10.8 Å². The number of fused-ring (bicyclic) bond motifs is 6. The Labute approximate surface area is 281 Å². The highest BCUT2D eigenvalue weighted by Gasteiger charge is 2.59. The highest BCUT2D eigenvalue weighted by atomic mass is 19.1. The second-order valence-electron chi connectivity index (χ2n) is 15.4. The fraction of sp³-hybridized carbons (Fsp3) is 0.595. The molecule has 0 spiro atoms. The van der Waals surface area contributed by atoms with Gasteiger partial charge in [0.25, 0.3) is 0 Å². The topological polar surface area (TPSA) is 60.8 Å². The number of unbranched alkanes of at least 4 members (excludes halogenated alkanes) is 6. The van der Waals surface area contributed by atoms with E-state index in [0.29, 0.717) is 24.7 Å². The zero-order valence-electron chi connectivity index (χ0n) is 28.7. The Hall–Kier alpha value is -2.92. The van der Waals surface area contributed by atoms with Crippen LogP contribution in [0.4, 0.5) is 4.39 Å². The van der Waals surface area contributed by atoms with Crippen molar-refractivity contribution in [2.75, 3.05) is 13.1 Å². The molecule has 2 fully saturated rings. The lowest BCUT2D eigenvalue weighted by Gasteiger charge is -2.54. The van der Waals surface area contributed by atoms with Gasteiger partial charge in [-0.25, -0.2) is 4.39 Å². The van der Waals surface area contributed by atoms with Crippen molar-refractivity contribution in [1.82, 2.24) is 4.90 Å². The van der Waals surface area contributed by atoms with Gasteiger partial charge in [0.2, 0.25) is 5.91 Å². The lowest BCUT2D eigenvalue weighted by molar-refractivity contribution is -0.130. The Morgan fingerprint density at radius 3 is 2.45 bits per heavy atom. The molecule has 0 radical (unpaired) electrons. The third kappa shape index (κ3) is 7.41. The number of hydrogen-bond acceptors (Lipinski definition) is 3. The van der Waals surface area contributed by atoms with E-state index >= 15 is 4.39 Å². The molecule has 0 aromatic heterocycles. The standard InChI is InChI=1S/C42H56FNO3/c1-3-4-5-11-22-44(39(47)25-29-16-17-30-13-9-10-14-31(30)24-29)23-12-7-6-8-15-32-26-33-27-34(45)18-19-35(33)41-37(43)28-42(2)36(40(32)41)20-21-38(42)46/h9-10,13-14,16-19,24,27,32,36-38,40-41,45-46H,3-8,11-12,15,20-23,25-26,28H2,1-2H3/t32?,36?,37?,38?,40?,41?,42-/m0/s1. The van der Waals surface area contributed by atoms with Gasteiger partial charge in [-0.15, -0.1) is 0 Å². The zero-order valence-corrected chi connectivity index (χ0v) is 28.7. The molecule has 4 nitrogen and oxygen atoms in total. The minimum Gasteiger partial charge on any atom is -0.508 e. The number of aliphatic hydroxyl groups is 1. The molecule has 2 saturated carbocycles. The van der Waals surface area contributed by atoms with E-state index in [9.17, 15) is 15.0 Å². The molecular weight excluding hydrogens is 585 g/mol. The Morgan fingerprint density at radius 2 is 1.66 bits per heavy atom. The quantitative estimate of drug-likeness (QED) is 0.172. The van der Waals surface area contributed by atoms with Gasteiger partial charge in [-0.05, 0) is 108 Å². The number of amides is 1. The van der Waals surface area contributed by atoms with Crippen LogP contribution in [0.5, 0.6) is 5.75 Å². The normalized spacial score (nSPS) is 28.1. The maximum atomic E-state index is 16.1. The minimum atomic E-state index is -0.962. The van der Waals surface area contributed by atoms with E-state index in [4.69, 9.17) is 0 Å². The molecule has 5 heteroatoms. The fourth-order valence-electron chi connectivity index (χ4n) is 9.82. The van der Waals surface area contributed by atoms with Crippen LogP contribution in [0.2, 0.25) is 0 Å². The highest BCUT2D eigenvalue weighted by molar-refractivity contribution is 5.85. The van der Waals surface area contributed by atoms with E-state index in [-0.39, 0.29) is 28.9 Å². The van der Waals surface area contributed by atoms with Gasteiger partial charge in [-0.2, -0.15) is 0 Å². The Morgan fingerprint density at radius 1 is 0.915 bits per heavy atom. The maximum Gasteiger partial charge on any atom is 0.226 e. The molecule has 0 aliphatic heterocycles. The lowest BCUT2D eigenvalue weighted by atomic mass is 9.51. The summed E-state index contributed by atoms with van der Waals surface area (Å²) in [7, 11) is 0. The molecule has 3 aliphatic carbocycles. The van der Waals surface area contributed by atoms with Gasteiger partial charge in [-0.1, -0.05) is 101 Å². The molecule has 1 amide bonds. The summed E-state index contributed by atoms with van der Waals surface area (Å²) in [5.41, 5.74) is 2.95. The van der Waals surface area contributed by atoms with E-state index < -0.39 is 12.3 Å². The summed E-state index contributed by atoms with van der Waals surface area (Å²) in [6.45, 7) is 6.00. The predicted octanol–water partition coefficient (Wildman–Crippen LogP) is 9.54. The van der Waals surface area contributed by atoms with Gasteiger partial charge < -0.3 is 15.1 Å². The summed E-state index contributed by atoms with van der Waals surface area (Å²) in [6.07, 6.45) is 12.1. The number of carbonyl (C=O) groups is 1. The summed E-state index contributed by atoms with van der Waals surface area (Å²) in [5, 5.41) is 23.6.